The minimum Gasteiger partial charge on any atom is -0.322 e. The number of thiophene rings is 1. The van der Waals surface area contributed by atoms with Gasteiger partial charge in [0.1, 0.15) is 5.00 Å². The Hall–Kier alpha value is -2.18. The van der Waals surface area contributed by atoms with Crippen molar-refractivity contribution in [2.45, 2.75) is 59.8 Å². The second kappa shape index (κ2) is 9.36. The third-order valence-corrected chi connectivity index (χ3v) is 7.98. The minimum absolute atomic E-state index is 0.0255. The van der Waals surface area contributed by atoms with Gasteiger partial charge < -0.3 is 10.6 Å². The highest BCUT2D eigenvalue weighted by Gasteiger charge is 2.34. The lowest BCUT2D eigenvalue weighted by atomic mass is 9.72. The SMILES string of the molecule is Cc1cccc(NC(=O)c2c(NC(=O)CN3CCCC3)sc3c2CC[C@@H](C(C)(C)C)C3)c1. The fraction of sp³-hybridized carbons (Fsp3) is 0.538. The largest absolute Gasteiger partial charge is 0.322 e. The lowest BCUT2D eigenvalue weighted by Crippen LogP contribution is -2.31. The molecule has 1 aliphatic heterocycles. The topological polar surface area (TPSA) is 61.4 Å². The van der Waals surface area contributed by atoms with Gasteiger partial charge in [-0.1, -0.05) is 32.9 Å². The van der Waals surface area contributed by atoms with Crippen molar-refractivity contribution in [2.75, 3.05) is 30.3 Å². The van der Waals surface area contributed by atoms with Crippen LogP contribution < -0.4 is 10.6 Å². The van der Waals surface area contributed by atoms with Gasteiger partial charge >= 0.3 is 0 Å². The Morgan fingerprint density at radius 1 is 1.16 bits per heavy atom. The van der Waals surface area contributed by atoms with Gasteiger partial charge in [-0.3, -0.25) is 14.5 Å². The molecule has 2 aromatic rings. The first kappa shape index (κ1) is 23.0. The number of hydrogen-bond acceptors (Lipinski definition) is 4. The summed E-state index contributed by atoms with van der Waals surface area (Å²) in [6.45, 7) is 11.2. The molecule has 0 bridgehead atoms. The quantitative estimate of drug-likeness (QED) is 0.629. The summed E-state index contributed by atoms with van der Waals surface area (Å²) in [4.78, 5) is 29.7. The third kappa shape index (κ3) is 5.24. The van der Waals surface area contributed by atoms with Crippen LogP contribution in [0.15, 0.2) is 24.3 Å². The molecule has 2 aliphatic rings. The molecule has 2 amide bonds. The molecule has 1 aromatic carbocycles. The number of amides is 2. The Bertz CT molecular complexity index is 999. The summed E-state index contributed by atoms with van der Waals surface area (Å²) in [5, 5.41) is 6.88. The van der Waals surface area contributed by atoms with Crippen molar-refractivity contribution in [2.24, 2.45) is 11.3 Å². The molecule has 0 spiro atoms. The summed E-state index contributed by atoms with van der Waals surface area (Å²) in [7, 11) is 0. The third-order valence-electron chi connectivity index (χ3n) is 6.81. The van der Waals surface area contributed by atoms with Crippen molar-refractivity contribution in [3.63, 3.8) is 0 Å². The number of rotatable bonds is 5. The van der Waals surface area contributed by atoms with Crippen molar-refractivity contribution in [3.8, 4) is 0 Å². The summed E-state index contributed by atoms with van der Waals surface area (Å²) in [6.07, 6.45) is 5.22. The molecule has 5 nitrogen and oxygen atoms in total. The zero-order valence-corrected chi connectivity index (χ0v) is 20.5. The number of aryl methyl sites for hydroxylation is 1. The molecule has 6 heteroatoms. The monoisotopic (exact) mass is 453 g/mol. The lowest BCUT2D eigenvalue weighted by Gasteiger charge is -2.33. The van der Waals surface area contributed by atoms with Gasteiger partial charge in [0.2, 0.25) is 5.91 Å². The summed E-state index contributed by atoms with van der Waals surface area (Å²) in [5.41, 5.74) is 3.89. The maximum absolute atomic E-state index is 13.4. The minimum atomic E-state index is -0.126. The van der Waals surface area contributed by atoms with Crippen LogP contribution in [0.4, 0.5) is 10.7 Å². The van der Waals surface area contributed by atoms with E-state index in [0.717, 1.165) is 62.0 Å². The normalized spacial score (nSPS) is 18.9. The summed E-state index contributed by atoms with van der Waals surface area (Å²) in [5.74, 6) is 0.427. The molecule has 1 saturated heterocycles. The number of nitrogens with zero attached hydrogens (tertiary/aromatic N) is 1. The molecule has 1 atom stereocenters. The second-order valence-electron chi connectivity index (χ2n) is 10.4. The van der Waals surface area contributed by atoms with Gasteiger partial charge in [0, 0.05) is 10.6 Å². The van der Waals surface area contributed by atoms with Gasteiger partial charge in [0.05, 0.1) is 12.1 Å². The highest BCUT2D eigenvalue weighted by Crippen LogP contribution is 2.44. The van der Waals surface area contributed by atoms with Crippen LogP contribution in [0.5, 0.6) is 0 Å². The van der Waals surface area contributed by atoms with Crippen LogP contribution in [0, 0.1) is 18.3 Å². The molecule has 0 saturated carbocycles. The Labute approximate surface area is 195 Å². The second-order valence-corrected chi connectivity index (χ2v) is 11.5. The number of fused-ring (bicyclic) bond motifs is 1. The van der Waals surface area contributed by atoms with E-state index in [-0.39, 0.29) is 17.2 Å². The van der Waals surface area contributed by atoms with Crippen molar-refractivity contribution in [3.05, 3.63) is 45.8 Å². The van der Waals surface area contributed by atoms with Crippen LogP contribution in [0.25, 0.3) is 0 Å². The number of carbonyl (C=O) groups is 2. The summed E-state index contributed by atoms with van der Waals surface area (Å²) in [6, 6.07) is 7.84. The number of likely N-dealkylation sites (tertiary alicyclic amines) is 1. The molecule has 2 N–H and O–H groups in total. The summed E-state index contributed by atoms with van der Waals surface area (Å²) < 4.78 is 0. The van der Waals surface area contributed by atoms with Crippen LogP contribution >= 0.6 is 11.3 Å². The lowest BCUT2D eigenvalue weighted by molar-refractivity contribution is -0.117. The van der Waals surface area contributed by atoms with E-state index < -0.39 is 0 Å². The van der Waals surface area contributed by atoms with E-state index in [1.165, 1.54) is 4.88 Å². The van der Waals surface area contributed by atoms with Crippen molar-refractivity contribution in [1.29, 1.82) is 0 Å². The zero-order valence-electron chi connectivity index (χ0n) is 19.7. The van der Waals surface area contributed by atoms with Gasteiger partial charge in [0.15, 0.2) is 0 Å². The number of carbonyl (C=O) groups excluding carboxylic acids is 2. The predicted octanol–water partition coefficient (Wildman–Crippen LogP) is 5.49. The predicted molar refractivity (Wildman–Crippen MR) is 133 cm³/mol. The van der Waals surface area contributed by atoms with Gasteiger partial charge in [-0.2, -0.15) is 0 Å². The van der Waals surface area contributed by atoms with Crippen LogP contribution in [0.1, 0.15) is 66.4 Å². The molecule has 172 valence electrons. The molecular formula is C26H35N3O2S. The Kier molecular flexibility index (Phi) is 6.72. The van der Waals surface area contributed by atoms with Crippen LogP contribution in [-0.4, -0.2) is 36.3 Å². The van der Waals surface area contributed by atoms with Gasteiger partial charge in [-0.15, -0.1) is 11.3 Å². The van der Waals surface area contributed by atoms with E-state index in [4.69, 9.17) is 0 Å². The Balaban J connectivity index is 1.61. The highest BCUT2D eigenvalue weighted by atomic mass is 32.1. The van der Waals surface area contributed by atoms with Crippen molar-refractivity contribution in [1.82, 2.24) is 4.90 Å². The number of benzene rings is 1. The van der Waals surface area contributed by atoms with Crippen molar-refractivity contribution >= 4 is 33.8 Å². The number of hydrogen-bond donors (Lipinski definition) is 2. The molecule has 4 rings (SSSR count). The number of nitrogens with one attached hydrogen (secondary N) is 2. The molecular weight excluding hydrogens is 418 g/mol. The van der Waals surface area contributed by atoms with Crippen LogP contribution in [-0.2, 0) is 17.6 Å². The first-order valence-corrected chi connectivity index (χ1v) is 12.6. The van der Waals surface area contributed by atoms with E-state index in [1.54, 1.807) is 11.3 Å². The van der Waals surface area contributed by atoms with Crippen LogP contribution in [0.3, 0.4) is 0 Å². The smallest absolute Gasteiger partial charge is 0.258 e. The van der Waals surface area contributed by atoms with Crippen molar-refractivity contribution < 1.29 is 9.59 Å². The zero-order chi connectivity index (χ0) is 22.9. The van der Waals surface area contributed by atoms with Gasteiger partial charge in [0.25, 0.3) is 5.91 Å². The molecule has 1 aromatic heterocycles. The van der Waals surface area contributed by atoms with Crippen LogP contribution in [0.2, 0.25) is 0 Å². The average Bonchev–Trinajstić information content (AvgIpc) is 3.33. The maximum atomic E-state index is 13.4. The molecule has 1 aliphatic carbocycles. The van der Waals surface area contributed by atoms with E-state index >= 15 is 0 Å². The molecule has 0 unspecified atom stereocenters. The number of anilines is 2. The highest BCUT2D eigenvalue weighted by molar-refractivity contribution is 7.17. The first-order chi connectivity index (χ1) is 15.2. The summed E-state index contributed by atoms with van der Waals surface area (Å²) >= 11 is 1.60. The molecule has 0 radical (unpaired) electrons. The van der Waals surface area contributed by atoms with E-state index in [2.05, 4.69) is 36.3 Å². The molecule has 32 heavy (non-hydrogen) atoms. The van der Waals surface area contributed by atoms with Gasteiger partial charge in [-0.25, -0.2) is 0 Å². The van der Waals surface area contributed by atoms with Gasteiger partial charge in [-0.05, 0) is 86.7 Å². The van der Waals surface area contributed by atoms with E-state index in [0.29, 0.717) is 23.0 Å². The fourth-order valence-corrected chi connectivity index (χ4v) is 6.22. The fourth-order valence-electron chi connectivity index (χ4n) is 4.88. The molecule has 1 fully saturated rings. The Morgan fingerprint density at radius 2 is 1.91 bits per heavy atom. The average molecular weight is 454 g/mol. The molecule has 2 heterocycles. The standard InChI is InChI=1S/C26H35N3O2S/c1-17-8-7-9-19(14-17)27-24(31)23-20-11-10-18(26(2,3)4)15-21(20)32-25(23)28-22(30)16-29-12-5-6-13-29/h7-9,14,18H,5-6,10-13,15-16H2,1-4H3,(H,27,31)(H,28,30)/t18-/m1/s1. The van der Waals surface area contributed by atoms with E-state index in [9.17, 15) is 9.59 Å². The first-order valence-electron chi connectivity index (χ1n) is 11.8. The Morgan fingerprint density at radius 3 is 2.59 bits per heavy atom. The van der Waals surface area contributed by atoms with E-state index in [1.807, 2.05) is 31.2 Å². The maximum Gasteiger partial charge on any atom is 0.258 e.